The Kier molecular flexibility index (Phi) is 4.35. The number of anilines is 1. The molecule has 2 aromatic carbocycles. The van der Waals surface area contributed by atoms with E-state index in [2.05, 4.69) is 5.10 Å². The Morgan fingerprint density at radius 3 is 2.18 bits per heavy atom. The standard InChI is InChI=1S/C21H20N4O3/c1-23-19(26)18(20(27)24(2)21(23)28)16-13-17(14-9-5-3-6-10-14)25(22-16)15-11-7-4-8-12-15/h3-12,17,26H,13H2,1-2H3. The lowest BCUT2D eigenvalue weighted by atomic mass is 9.99. The first-order valence-corrected chi connectivity index (χ1v) is 8.95. The smallest absolute Gasteiger partial charge is 0.333 e. The van der Waals surface area contributed by atoms with Crippen molar-refractivity contribution in [2.45, 2.75) is 12.5 Å². The summed E-state index contributed by atoms with van der Waals surface area (Å²) in [6, 6.07) is 19.4. The van der Waals surface area contributed by atoms with E-state index in [4.69, 9.17) is 0 Å². The van der Waals surface area contributed by atoms with Crippen molar-refractivity contribution in [3.8, 4) is 5.88 Å². The first-order valence-electron chi connectivity index (χ1n) is 8.95. The molecule has 28 heavy (non-hydrogen) atoms. The average molecular weight is 376 g/mol. The van der Waals surface area contributed by atoms with E-state index in [-0.39, 0.29) is 17.5 Å². The van der Waals surface area contributed by atoms with Crippen LogP contribution >= 0.6 is 0 Å². The summed E-state index contributed by atoms with van der Waals surface area (Å²) in [5, 5.41) is 17.0. The molecule has 1 aliphatic heterocycles. The Hall–Kier alpha value is -3.61. The molecule has 0 spiro atoms. The minimum Gasteiger partial charge on any atom is -0.494 e. The summed E-state index contributed by atoms with van der Waals surface area (Å²) >= 11 is 0. The van der Waals surface area contributed by atoms with Gasteiger partial charge in [-0.2, -0.15) is 5.10 Å². The first-order chi connectivity index (χ1) is 13.5. The molecule has 0 saturated carbocycles. The highest BCUT2D eigenvalue weighted by Gasteiger charge is 2.33. The van der Waals surface area contributed by atoms with Gasteiger partial charge in [-0.15, -0.1) is 0 Å². The lowest BCUT2D eigenvalue weighted by Gasteiger charge is -2.23. The molecule has 0 fully saturated rings. The van der Waals surface area contributed by atoms with Gasteiger partial charge in [0.15, 0.2) is 0 Å². The second-order valence-electron chi connectivity index (χ2n) is 6.76. The van der Waals surface area contributed by atoms with Crippen molar-refractivity contribution in [2.75, 3.05) is 5.01 Å². The first kappa shape index (κ1) is 17.8. The normalized spacial score (nSPS) is 16.3. The molecule has 0 bridgehead atoms. The summed E-state index contributed by atoms with van der Waals surface area (Å²) < 4.78 is 2.04. The molecule has 7 nitrogen and oxygen atoms in total. The zero-order chi connectivity index (χ0) is 19.8. The molecule has 1 aliphatic rings. The van der Waals surface area contributed by atoms with Crippen molar-refractivity contribution >= 4 is 11.4 Å². The number of nitrogens with zero attached hydrogens (tertiary/aromatic N) is 4. The third kappa shape index (κ3) is 2.81. The third-order valence-corrected chi connectivity index (χ3v) is 5.04. The predicted molar refractivity (Wildman–Crippen MR) is 108 cm³/mol. The van der Waals surface area contributed by atoms with Gasteiger partial charge < -0.3 is 5.11 Å². The number of hydrogen-bond acceptors (Lipinski definition) is 5. The van der Waals surface area contributed by atoms with Gasteiger partial charge in [0.25, 0.3) is 5.56 Å². The largest absolute Gasteiger partial charge is 0.494 e. The van der Waals surface area contributed by atoms with Gasteiger partial charge in [0.05, 0.1) is 17.4 Å². The highest BCUT2D eigenvalue weighted by atomic mass is 16.3. The number of para-hydroxylation sites is 1. The van der Waals surface area contributed by atoms with Crippen LogP contribution in [0.25, 0.3) is 0 Å². The minimum absolute atomic E-state index is 0.0592. The summed E-state index contributed by atoms with van der Waals surface area (Å²) in [5.41, 5.74) is 1.31. The van der Waals surface area contributed by atoms with Crippen LogP contribution in [0, 0.1) is 0 Å². The average Bonchev–Trinajstić information content (AvgIpc) is 3.17. The maximum Gasteiger partial charge on any atom is 0.333 e. The molecule has 0 amide bonds. The quantitative estimate of drug-likeness (QED) is 0.760. The Morgan fingerprint density at radius 2 is 1.54 bits per heavy atom. The molecule has 3 aromatic rings. The molecule has 2 heterocycles. The second-order valence-corrected chi connectivity index (χ2v) is 6.76. The highest BCUT2D eigenvalue weighted by Crippen LogP contribution is 2.36. The van der Waals surface area contributed by atoms with Crippen molar-refractivity contribution in [3.63, 3.8) is 0 Å². The maximum absolute atomic E-state index is 12.7. The molecule has 4 rings (SSSR count). The molecule has 1 unspecified atom stereocenters. The van der Waals surface area contributed by atoms with Crippen molar-refractivity contribution in [1.29, 1.82) is 0 Å². The fourth-order valence-electron chi connectivity index (χ4n) is 3.50. The van der Waals surface area contributed by atoms with E-state index in [1.165, 1.54) is 14.1 Å². The van der Waals surface area contributed by atoms with Crippen LogP contribution in [-0.4, -0.2) is 20.0 Å². The van der Waals surface area contributed by atoms with Crippen LogP contribution in [0.1, 0.15) is 23.6 Å². The van der Waals surface area contributed by atoms with E-state index < -0.39 is 11.2 Å². The number of hydrazone groups is 1. The van der Waals surface area contributed by atoms with Crippen LogP contribution < -0.4 is 16.3 Å². The summed E-state index contributed by atoms with van der Waals surface area (Å²) in [7, 11) is 2.83. The Labute approximate surface area is 161 Å². The molecular formula is C21H20N4O3. The molecule has 1 N–H and O–H groups in total. The summed E-state index contributed by atoms with van der Waals surface area (Å²) in [4.78, 5) is 24.8. The Bertz CT molecular complexity index is 1160. The molecule has 142 valence electrons. The Morgan fingerprint density at radius 1 is 0.929 bits per heavy atom. The van der Waals surface area contributed by atoms with Gasteiger partial charge in [-0.1, -0.05) is 48.5 Å². The summed E-state index contributed by atoms with van der Waals surface area (Å²) in [6.45, 7) is 0. The van der Waals surface area contributed by atoms with E-state index in [1.807, 2.05) is 65.7 Å². The Balaban J connectivity index is 1.88. The van der Waals surface area contributed by atoms with Crippen molar-refractivity contribution < 1.29 is 5.11 Å². The zero-order valence-corrected chi connectivity index (χ0v) is 15.6. The van der Waals surface area contributed by atoms with Gasteiger partial charge in [0.1, 0.15) is 5.56 Å². The molecule has 0 radical (unpaired) electrons. The molecule has 7 heteroatoms. The van der Waals surface area contributed by atoms with Gasteiger partial charge in [0, 0.05) is 20.5 Å². The fourth-order valence-corrected chi connectivity index (χ4v) is 3.50. The number of rotatable bonds is 3. The van der Waals surface area contributed by atoms with Crippen LogP contribution in [0.15, 0.2) is 75.4 Å². The molecule has 1 aromatic heterocycles. The predicted octanol–water partition coefficient (Wildman–Crippen LogP) is 2.15. The lowest BCUT2D eigenvalue weighted by molar-refractivity contribution is 0.410. The van der Waals surface area contributed by atoms with Gasteiger partial charge >= 0.3 is 5.69 Å². The van der Waals surface area contributed by atoms with E-state index in [0.717, 1.165) is 20.4 Å². The zero-order valence-electron chi connectivity index (χ0n) is 15.6. The van der Waals surface area contributed by atoms with E-state index in [1.54, 1.807) is 0 Å². The molecular weight excluding hydrogens is 356 g/mol. The second kappa shape index (κ2) is 6.84. The summed E-state index contributed by atoms with van der Waals surface area (Å²) in [5.74, 6) is -0.367. The lowest BCUT2D eigenvalue weighted by Crippen LogP contribution is -2.39. The molecule has 0 aliphatic carbocycles. The minimum atomic E-state index is -0.579. The van der Waals surface area contributed by atoms with Crippen LogP contribution in [0.2, 0.25) is 0 Å². The van der Waals surface area contributed by atoms with Crippen LogP contribution in [0.5, 0.6) is 5.88 Å². The molecule has 0 saturated heterocycles. The van der Waals surface area contributed by atoms with Gasteiger partial charge in [-0.3, -0.25) is 18.9 Å². The van der Waals surface area contributed by atoms with Crippen LogP contribution in [0.3, 0.4) is 0 Å². The van der Waals surface area contributed by atoms with Gasteiger partial charge in [-0.05, 0) is 17.7 Å². The number of benzene rings is 2. The monoisotopic (exact) mass is 376 g/mol. The third-order valence-electron chi connectivity index (χ3n) is 5.04. The highest BCUT2D eigenvalue weighted by molar-refractivity contribution is 6.04. The fraction of sp³-hybridized carbons (Fsp3) is 0.190. The number of hydrogen-bond donors (Lipinski definition) is 1. The van der Waals surface area contributed by atoms with Crippen LogP contribution in [-0.2, 0) is 14.1 Å². The van der Waals surface area contributed by atoms with Crippen molar-refractivity contribution in [2.24, 2.45) is 19.2 Å². The van der Waals surface area contributed by atoms with E-state index in [0.29, 0.717) is 12.1 Å². The van der Waals surface area contributed by atoms with Crippen LogP contribution in [0.4, 0.5) is 5.69 Å². The number of aromatic hydroxyl groups is 1. The van der Waals surface area contributed by atoms with Gasteiger partial charge in [-0.25, -0.2) is 4.79 Å². The topological polar surface area (TPSA) is 79.8 Å². The van der Waals surface area contributed by atoms with E-state index in [9.17, 15) is 14.7 Å². The SMILES string of the molecule is Cn1c(O)c(C2=NN(c3ccccc3)C(c3ccccc3)C2)c(=O)n(C)c1=O. The van der Waals surface area contributed by atoms with E-state index >= 15 is 0 Å². The summed E-state index contributed by atoms with van der Waals surface area (Å²) in [6.07, 6.45) is 0.430. The maximum atomic E-state index is 12.7. The van der Waals surface area contributed by atoms with Crippen molar-refractivity contribution in [1.82, 2.24) is 9.13 Å². The number of aromatic nitrogens is 2. The molecule has 1 atom stereocenters. The van der Waals surface area contributed by atoms with Crippen molar-refractivity contribution in [3.05, 3.63) is 92.6 Å². The van der Waals surface area contributed by atoms with Gasteiger partial charge in [0.2, 0.25) is 5.88 Å².